The average Bonchev–Trinajstić information content (AvgIpc) is 2.38. The lowest BCUT2D eigenvalue weighted by Gasteiger charge is -2.30. The standard InChI is InChI=1S/C19H33NO/c1-8-9-15(3)17(13-20-19(4,5)6)16-12-14(2)10-11-18(16)21-7/h10-12,15,17,20H,8-9,13H2,1-7H3. The quantitative estimate of drug-likeness (QED) is 0.770. The lowest BCUT2D eigenvalue weighted by Crippen LogP contribution is -2.39. The van der Waals surface area contributed by atoms with Crippen molar-refractivity contribution in [1.82, 2.24) is 5.32 Å². The zero-order valence-electron chi connectivity index (χ0n) is 14.9. The number of nitrogens with one attached hydrogen (secondary N) is 1. The maximum atomic E-state index is 5.61. The van der Waals surface area contributed by atoms with E-state index in [4.69, 9.17) is 4.74 Å². The van der Waals surface area contributed by atoms with Crippen LogP contribution in [0.4, 0.5) is 0 Å². The van der Waals surface area contributed by atoms with Crippen LogP contribution in [0.1, 0.15) is 64.5 Å². The third kappa shape index (κ3) is 5.70. The summed E-state index contributed by atoms with van der Waals surface area (Å²) in [6.45, 7) is 14.4. The first-order valence-electron chi connectivity index (χ1n) is 8.18. The highest BCUT2D eigenvalue weighted by Gasteiger charge is 2.24. The first kappa shape index (κ1) is 18.0. The van der Waals surface area contributed by atoms with Crippen molar-refractivity contribution in [2.45, 2.75) is 65.8 Å². The van der Waals surface area contributed by atoms with Crippen LogP contribution in [0, 0.1) is 12.8 Å². The summed E-state index contributed by atoms with van der Waals surface area (Å²) in [6, 6.07) is 6.52. The van der Waals surface area contributed by atoms with E-state index in [0.717, 1.165) is 12.3 Å². The zero-order valence-corrected chi connectivity index (χ0v) is 14.9. The predicted octanol–water partition coefficient (Wildman–Crippen LogP) is 4.91. The molecule has 2 nitrogen and oxygen atoms in total. The topological polar surface area (TPSA) is 21.3 Å². The lowest BCUT2D eigenvalue weighted by atomic mass is 9.83. The molecule has 120 valence electrons. The highest BCUT2D eigenvalue weighted by atomic mass is 16.5. The van der Waals surface area contributed by atoms with E-state index in [1.807, 2.05) is 0 Å². The monoisotopic (exact) mass is 291 g/mol. The van der Waals surface area contributed by atoms with Crippen LogP contribution in [0.2, 0.25) is 0 Å². The zero-order chi connectivity index (χ0) is 16.0. The summed E-state index contributed by atoms with van der Waals surface area (Å²) in [4.78, 5) is 0. The Morgan fingerprint density at radius 3 is 2.43 bits per heavy atom. The van der Waals surface area contributed by atoms with Gasteiger partial charge in [0.2, 0.25) is 0 Å². The molecule has 0 aliphatic carbocycles. The molecule has 2 heteroatoms. The normalized spacial score (nSPS) is 14.8. The fraction of sp³-hybridized carbons (Fsp3) is 0.684. The summed E-state index contributed by atoms with van der Waals surface area (Å²) in [5, 5.41) is 3.67. The van der Waals surface area contributed by atoms with Crippen LogP contribution >= 0.6 is 0 Å². The van der Waals surface area contributed by atoms with E-state index in [1.165, 1.54) is 24.0 Å². The molecular formula is C19H33NO. The molecule has 0 aliphatic rings. The lowest BCUT2D eigenvalue weighted by molar-refractivity contribution is 0.336. The average molecular weight is 291 g/mol. The van der Waals surface area contributed by atoms with Gasteiger partial charge in [0.25, 0.3) is 0 Å². The molecule has 1 aromatic carbocycles. The number of ether oxygens (including phenoxy) is 1. The van der Waals surface area contributed by atoms with Crippen molar-refractivity contribution in [3.63, 3.8) is 0 Å². The number of hydrogen-bond acceptors (Lipinski definition) is 2. The molecule has 1 rings (SSSR count). The molecule has 2 unspecified atom stereocenters. The molecule has 0 saturated heterocycles. The second kappa shape index (κ2) is 7.84. The molecule has 2 atom stereocenters. The molecular weight excluding hydrogens is 258 g/mol. The number of methoxy groups -OCH3 is 1. The van der Waals surface area contributed by atoms with Crippen LogP contribution in [0.3, 0.4) is 0 Å². The number of aryl methyl sites for hydroxylation is 1. The van der Waals surface area contributed by atoms with Gasteiger partial charge in [0.15, 0.2) is 0 Å². The summed E-state index contributed by atoms with van der Waals surface area (Å²) >= 11 is 0. The third-order valence-electron chi connectivity index (χ3n) is 4.07. The highest BCUT2D eigenvalue weighted by Crippen LogP contribution is 2.34. The summed E-state index contributed by atoms with van der Waals surface area (Å²) in [5.74, 6) is 2.14. The Bertz CT molecular complexity index is 434. The Kier molecular flexibility index (Phi) is 6.73. The minimum absolute atomic E-state index is 0.140. The maximum Gasteiger partial charge on any atom is 0.122 e. The molecule has 0 spiro atoms. The van der Waals surface area contributed by atoms with Crippen molar-refractivity contribution in [2.24, 2.45) is 5.92 Å². The van der Waals surface area contributed by atoms with Crippen LogP contribution in [0.15, 0.2) is 18.2 Å². The number of hydrogen-bond donors (Lipinski definition) is 1. The Morgan fingerprint density at radius 2 is 1.90 bits per heavy atom. The van der Waals surface area contributed by atoms with E-state index in [0.29, 0.717) is 11.8 Å². The fourth-order valence-corrected chi connectivity index (χ4v) is 2.83. The van der Waals surface area contributed by atoms with E-state index in [1.54, 1.807) is 7.11 Å². The molecule has 0 aromatic heterocycles. The number of benzene rings is 1. The first-order valence-corrected chi connectivity index (χ1v) is 8.18. The molecule has 0 amide bonds. The van der Waals surface area contributed by atoms with Crippen molar-refractivity contribution in [2.75, 3.05) is 13.7 Å². The largest absolute Gasteiger partial charge is 0.496 e. The molecule has 1 aromatic rings. The van der Waals surface area contributed by atoms with Crippen LogP contribution in [0.25, 0.3) is 0 Å². The summed E-state index contributed by atoms with van der Waals surface area (Å²) in [6.07, 6.45) is 2.47. The minimum Gasteiger partial charge on any atom is -0.496 e. The van der Waals surface area contributed by atoms with Gasteiger partial charge in [-0.05, 0) is 45.2 Å². The Labute approximate surface area is 131 Å². The van der Waals surface area contributed by atoms with Crippen molar-refractivity contribution in [3.8, 4) is 5.75 Å². The maximum absolute atomic E-state index is 5.61. The second-order valence-corrected chi connectivity index (χ2v) is 7.25. The van der Waals surface area contributed by atoms with E-state index in [2.05, 4.69) is 65.1 Å². The molecule has 21 heavy (non-hydrogen) atoms. The summed E-state index contributed by atoms with van der Waals surface area (Å²) in [7, 11) is 1.77. The van der Waals surface area contributed by atoms with E-state index in [9.17, 15) is 0 Å². The van der Waals surface area contributed by atoms with Gasteiger partial charge >= 0.3 is 0 Å². The predicted molar refractivity (Wildman–Crippen MR) is 92.3 cm³/mol. The van der Waals surface area contributed by atoms with Gasteiger partial charge in [-0.15, -0.1) is 0 Å². The van der Waals surface area contributed by atoms with Crippen molar-refractivity contribution in [1.29, 1.82) is 0 Å². The molecule has 0 saturated carbocycles. The highest BCUT2D eigenvalue weighted by molar-refractivity contribution is 5.40. The van der Waals surface area contributed by atoms with Gasteiger partial charge in [-0.3, -0.25) is 0 Å². The second-order valence-electron chi connectivity index (χ2n) is 7.25. The van der Waals surface area contributed by atoms with Crippen LogP contribution in [-0.4, -0.2) is 19.2 Å². The Balaban J connectivity index is 3.07. The first-order chi connectivity index (χ1) is 9.78. The summed E-state index contributed by atoms with van der Waals surface area (Å²) < 4.78 is 5.61. The molecule has 0 fully saturated rings. The Hall–Kier alpha value is -1.02. The molecule has 1 N–H and O–H groups in total. The van der Waals surface area contributed by atoms with E-state index < -0.39 is 0 Å². The molecule has 0 bridgehead atoms. The smallest absolute Gasteiger partial charge is 0.122 e. The summed E-state index contributed by atoms with van der Waals surface area (Å²) in [5.41, 5.74) is 2.78. The van der Waals surface area contributed by atoms with Crippen molar-refractivity contribution >= 4 is 0 Å². The van der Waals surface area contributed by atoms with E-state index in [-0.39, 0.29) is 5.54 Å². The Morgan fingerprint density at radius 1 is 1.24 bits per heavy atom. The number of rotatable bonds is 7. The third-order valence-corrected chi connectivity index (χ3v) is 4.07. The SMILES string of the molecule is CCCC(C)C(CNC(C)(C)C)c1cc(C)ccc1OC. The van der Waals surface area contributed by atoms with Gasteiger partial charge in [0.05, 0.1) is 7.11 Å². The molecule has 0 aliphatic heterocycles. The molecule has 0 radical (unpaired) electrons. The van der Waals surface area contributed by atoms with Gasteiger partial charge in [-0.25, -0.2) is 0 Å². The van der Waals surface area contributed by atoms with Crippen LogP contribution in [0.5, 0.6) is 5.75 Å². The van der Waals surface area contributed by atoms with Gasteiger partial charge < -0.3 is 10.1 Å². The van der Waals surface area contributed by atoms with Gasteiger partial charge in [-0.1, -0.05) is 44.4 Å². The minimum atomic E-state index is 0.140. The van der Waals surface area contributed by atoms with Gasteiger partial charge in [0, 0.05) is 18.0 Å². The van der Waals surface area contributed by atoms with Crippen molar-refractivity contribution < 1.29 is 4.74 Å². The van der Waals surface area contributed by atoms with Crippen molar-refractivity contribution in [3.05, 3.63) is 29.3 Å². The van der Waals surface area contributed by atoms with Crippen LogP contribution < -0.4 is 10.1 Å². The fourth-order valence-electron chi connectivity index (χ4n) is 2.83. The van der Waals surface area contributed by atoms with E-state index >= 15 is 0 Å². The molecule has 0 heterocycles. The van der Waals surface area contributed by atoms with Gasteiger partial charge in [0.1, 0.15) is 5.75 Å². The van der Waals surface area contributed by atoms with Crippen LogP contribution in [-0.2, 0) is 0 Å². The van der Waals surface area contributed by atoms with Gasteiger partial charge in [-0.2, -0.15) is 0 Å².